The Morgan fingerprint density at radius 2 is 1.46 bits per heavy atom. The van der Waals surface area contributed by atoms with Gasteiger partial charge in [-0.1, -0.05) is 44.9 Å². The predicted molar refractivity (Wildman–Crippen MR) is 94.1 cm³/mol. The van der Waals surface area contributed by atoms with E-state index in [1.807, 2.05) is 4.90 Å². The van der Waals surface area contributed by atoms with Crippen LogP contribution in [-0.2, 0) is 19.0 Å². The van der Waals surface area contributed by atoms with E-state index in [4.69, 9.17) is 14.2 Å². The van der Waals surface area contributed by atoms with Crippen molar-refractivity contribution in [3.63, 3.8) is 0 Å². The minimum absolute atomic E-state index is 0.312. The Morgan fingerprint density at radius 3 is 2.12 bits per heavy atom. The van der Waals surface area contributed by atoms with E-state index in [-0.39, 0.29) is 0 Å². The average Bonchev–Trinajstić information content (AvgIpc) is 2.64. The second-order valence-corrected chi connectivity index (χ2v) is 6.93. The van der Waals surface area contributed by atoms with Crippen LogP contribution in [0, 0.1) is 0 Å². The molecule has 0 N–H and O–H groups in total. The highest BCUT2D eigenvalue weighted by Gasteiger charge is 2.16. The van der Waals surface area contributed by atoms with Crippen molar-refractivity contribution in [1.82, 2.24) is 4.90 Å². The van der Waals surface area contributed by atoms with Crippen molar-refractivity contribution in [2.24, 2.45) is 0 Å². The molecule has 2 rings (SSSR count). The smallest absolute Gasteiger partial charge is 0.222 e. The normalized spacial score (nSPS) is 21.8. The molecule has 5 heteroatoms. The molecule has 2 aliphatic heterocycles. The lowest BCUT2D eigenvalue weighted by Gasteiger charge is -2.26. The summed E-state index contributed by atoms with van der Waals surface area (Å²) >= 11 is 0. The average molecular weight is 341 g/mol. The van der Waals surface area contributed by atoms with Gasteiger partial charge in [0.05, 0.1) is 39.1 Å². The SMILES string of the molecule is O=C(CCCCCCCCCCC1COCCO1)N1CCOCC1. The lowest BCUT2D eigenvalue weighted by Crippen LogP contribution is -2.40. The van der Waals surface area contributed by atoms with E-state index in [2.05, 4.69) is 0 Å². The summed E-state index contributed by atoms with van der Waals surface area (Å²) in [4.78, 5) is 13.9. The Morgan fingerprint density at radius 1 is 0.792 bits per heavy atom. The minimum Gasteiger partial charge on any atom is -0.378 e. The number of unbranched alkanes of at least 4 members (excludes halogenated alkanes) is 7. The highest BCUT2D eigenvalue weighted by atomic mass is 16.6. The maximum atomic E-state index is 12.0. The standard InChI is InChI=1S/C19H35NO4/c21-19(20-11-13-22-14-12-20)10-8-6-4-2-1-3-5-7-9-18-17-23-15-16-24-18/h18H,1-17H2. The molecule has 1 unspecified atom stereocenters. The Labute approximate surface area is 147 Å². The van der Waals surface area contributed by atoms with Crippen LogP contribution >= 0.6 is 0 Å². The van der Waals surface area contributed by atoms with Crippen molar-refractivity contribution in [2.75, 3.05) is 46.1 Å². The van der Waals surface area contributed by atoms with Crippen LogP contribution in [0.2, 0.25) is 0 Å². The molecule has 0 aromatic heterocycles. The first-order valence-corrected chi connectivity index (χ1v) is 9.91. The van der Waals surface area contributed by atoms with Gasteiger partial charge in [-0.2, -0.15) is 0 Å². The van der Waals surface area contributed by atoms with Gasteiger partial charge in [0.2, 0.25) is 5.91 Å². The molecule has 2 fully saturated rings. The van der Waals surface area contributed by atoms with Crippen LogP contribution in [0.4, 0.5) is 0 Å². The van der Waals surface area contributed by atoms with Crippen molar-refractivity contribution in [2.45, 2.75) is 70.3 Å². The number of amides is 1. The maximum absolute atomic E-state index is 12.0. The molecule has 0 radical (unpaired) electrons. The van der Waals surface area contributed by atoms with Crippen molar-refractivity contribution in [1.29, 1.82) is 0 Å². The summed E-state index contributed by atoms with van der Waals surface area (Å²) in [5.74, 6) is 0.312. The number of rotatable bonds is 11. The van der Waals surface area contributed by atoms with Gasteiger partial charge in [-0.25, -0.2) is 0 Å². The molecule has 1 atom stereocenters. The van der Waals surface area contributed by atoms with Crippen LogP contribution in [-0.4, -0.2) is 63.0 Å². The molecule has 0 aromatic rings. The summed E-state index contributed by atoms with van der Waals surface area (Å²) in [5.41, 5.74) is 0. The molecule has 0 saturated carbocycles. The van der Waals surface area contributed by atoms with E-state index in [1.54, 1.807) is 0 Å². The van der Waals surface area contributed by atoms with Crippen LogP contribution in [0.5, 0.6) is 0 Å². The maximum Gasteiger partial charge on any atom is 0.222 e. The van der Waals surface area contributed by atoms with Gasteiger partial charge in [0.15, 0.2) is 0 Å². The Balaban J connectivity index is 1.32. The van der Waals surface area contributed by atoms with Crippen molar-refractivity contribution < 1.29 is 19.0 Å². The Bertz CT molecular complexity index is 325. The summed E-state index contributed by atoms with van der Waals surface area (Å²) in [7, 11) is 0. The molecule has 2 saturated heterocycles. The van der Waals surface area contributed by atoms with E-state index in [0.29, 0.717) is 31.6 Å². The molecular weight excluding hydrogens is 306 g/mol. The van der Waals surface area contributed by atoms with Crippen molar-refractivity contribution >= 4 is 5.91 Å². The zero-order chi connectivity index (χ0) is 16.9. The molecule has 0 aromatic carbocycles. The third kappa shape index (κ3) is 8.45. The quantitative estimate of drug-likeness (QED) is 0.542. The number of carbonyl (C=O) groups is 1. The van der Waals surface area contributed by atoms with E-state index < -0.39 is 0 Å². The Kier molecular flexibility index (Phi) is 10.4. The highest BCUT2D eigenvalue weighted by molar-refractivity contribution is 5.76. The number of hydrogen-bond donors (Lipinski definition) is 0. The van der Waals surface area contributed by atoms with Gasteiger partial charge in [0, 0.05) is 19.5 Å². The third-order valence-corrected chi connectivity index (χ3v) is 4.92. The van der Waals surface area contributed by atoms with E-state index in [1.165, 1.54) is 44.9 Å². The minimum atomic E-state index is 0.312. The van der Waals surface area contributed by atoms with Gasteiger partial charge in [0.1, 0.15) is 0 Å². The first-order chi connectivity index (χ1) is 11.9. The first-order valence-electron chi connectivity index (χ1n) is 9.91. The van der Waals surface area contributed by atoms with Gasteiger partial charge in [-0.15, -0.1) is 0 Å². The van der Waals surface area contributed by atoms with Crippen LogP contribution < -0.4 is 0 Å². The summed E-state index contributed by atoms with van der Waals surface area (Å²) in [6.07, 6.45) is 12.2. The zero-order valence-electron chi connectivity index (χ0n) is 15.2. The van der Waals surface area contributed by atoms with Crippen LogP contribution in [0.15, 0.2) is 0 Å². The molecular formula is C19H35NO4. The molecule has 2 heterocycles. The lowest BCUT2D eigenvalue weighted by atomic mass is 10.0. The van der Waals surface area contributed by atoms with E-state index in [9.17, 15) is 4.79 Å². The van der Waals surface area contributed by atoms with Crippen molar-refractivity contribution in [3.8, 4) is 0 Å². The molecule has 1 amide bonds. The number of carbonyl (C=O) groups excluding carboxylic acids is 1. The van der Waals surface area contributed by atoms with Gasteiger partial charge >= 0.3 is 0 Å². The number of nitrogens with zero attached hydrogens (tertiary/aromatic N) is 1. The second-order valence-electron chi connectivity index (χ2n) is 6.93. The molecule has 140 valence electrons. The summed E-state index contributed by atoms with van der Waals surface area (Å²) in [6.45, 7) is 5.25. The van der Waals surface area contributed by atoms with Crippen molar-refractivity contribution in [3.05, 3.63) is 0 Å². The summed E-state index contributed by atoms with van der Waals surface area (Å²) in [5, 5.41) is 0. The largest absolute Gasteiger partial charge is 0.378 e. The van der Waals surface area contributed by atoms with Gasteiger partial charge in [-0.05, 0) is 12.8 Å². The monoisotopic (exact) mass is 341 g/mol. The summed E-state index contributed by atoms with van der Waals surface area (Å²) < 4.78 is 16.3. The van der Waals surface area contributed by atoms with Gasteiger partial charge < -0.3 is 19.1 Å². The molecule has 0 spiro atoms. The second kappa shape index (κ2) is 12.7. The highest BCUT2D eigenvalue weighted by Crippen LogP contribution is 2.14. The molecule has 24 heavy (non-hydrogen) atoms. The number of morpholine rings is 1. The predicted octanol–water partition coefficient (Wildman–Crippen LogP) is 3.16. The topological polar surface area (TPSA) is 48.0 Å². The Hall–Kier alpha value is -0.650. The molecule has 2 aliphatic rings. The van der Waals surface area contributed by atoms with Gasteiger partial charge in [0.25, 0.3) is 0 Å². The van der Waals surface area contributed by atoms with E-state index >= 15 is 0 Å². The van der Waals surface area contributed by atoms with Crippen LogP contribution in [0.25, 0.3) is 0 Å². The molecule has 0 bridgehead atoms. The third-order valence-electron chi connectivity index (χ3n) is 4.92. The number of hydrogen-bond acceptors (Lipinski definition) is 4. The fraction of sp³-hybridized carbons (Fsp3) is 0.947. The van der Waals surface area contributed by atoms with Crippen LogP contribution in [0.1, 0.15) is 64.2 Å². The van der Waals surface area contributed by atoms with Crippen LogP contribution in [0.3, 0.4) is 0 Å². The van der Waals surface area contributed by atoms with E-state index in [0.717, 1.165) is 45.8 Å². The summed E-state index contributed by atoms with van der Waals surface area (Å²) in [6, 6.07) is 0. The number of ether oxygens (including phenoxy) is 3. The molecule has 5 nitrogen and oxygen atoms in total. The fourth-order valence-corrected chi connectivity index (χ4v) is 3.38. The van der Waals surface area contributed by atoms with Gasteiger partial charge in [-0.3, -0.25) is 4.79 Å². The molecule has 0 aliphatic carbocycles. The first kappa shape index (κ1) is 19.7. The fourth-order valence-electron chi connectivity index (χ4n) is 3.38. The zero-order valence-corrected chi connectivity index (χ0v) is 15.2. The lowest BCUT2D eigenvalue weighted by molar-refractivity contribution is -0.135.